The molecule has 6 heteroatoms. The van der Waals surface area contributed by atoms with Gasteiger partial charge in [0.2, 0.25) is 0 Å². The Balaban J connectivity index is 1.69. The van der Waals surface area contributed by atoms with Gasteiger partial charge in [-0.3, -0.25) is 9.69 Å². The van der Waals surface area contributed by atoms with E-state index in [4.69, 9.17) is 0 Å². The van der Waals surface area contributed by atoms with Gasteiger partial charge in [-0.15, -0.1) is 11.3 Å². The van der Waals surface area contributed by atoms with E-state index in [9.17, 15) is 9.18 Å². The molecular formula is C19H22BrFN2OS. The van der Waals surface area contributed by atoms with Gasteiger partial charge in [-0.1, -0.05) is 13.0 Å². The maximum atomic E-state index is 13.2. The van der Waals surface area contributed by atoms with Gasteiger partial charge in [0.1, 0.15) is 5.82 Å². The average Bonchev–Trinajstić information content (AvgIpc) is 3.10. The van der Waals surface area contributed by atoms with Crippen LogP contribution in [0.15, 0.2) is 40.2 Å². The highest BCUT2D eigenvalue weighted by Crippen LogP contribution is 2.29. The second kappa shape index (κ2) is 8.43. The van der Waals surface area contributed by atoms with Crippen LogP contribution in [0.1, 0.15) is 41.0 Å². The third-order valence-electron chi connectivity index (χ3n) is 4.76. The lowest BCUT2D eigenvalue weighted by Gasteiger charge is -2.36. The lowest BCUT2D eigenvalue weighted by molar-refractivity contribution is 0.0914. The monoisotopic (exact) mass is 424 g/mol. The van der Waals surface area contributed by atoms with E-state index in [0.29, 0.717) is 16.6 Å². The van der Waals surface area contributed by atoms with Crippen molar-refractivity contribution >= 4 is 33.2 Å². The molecule has 2 heterocycles. The van der Waals surface area contributed by atoms with E-state index in [2.05, 4.69) is 50.6 Å². The molecule has 1 aromatic heterocycles. The third-order valence-corrected chi connectivity index (χ3v) is 6.39. The van der Waals surface area contributed by atoms with Gasteiger partial charge in [0.25, 0.3) is 5.91 Å². The number of halogens is 2. The Morgan fingerprint density at radius 2 is 2.16 bits per heavy atom. The summed E-state index contributed by atoms with van der Waals surface area (Å²) in [5.74, 6) is 0.228. The lowest BCUT2D eigenvalue weighted by atomic mass is 9.97. The number of likely N-dealkylation sites (tertiary alicyclic amines) is 1. The maximum Gasteiger partial charge on any atom is 0.252 e. The van der Waals surface area contributed by atoms with Gasteiger partial charge in [-0.05, 0) is 77.4 Å². The highest BCUT2D eigenvalue weighted by atomic mass is 79.9. The summed E-state index contributed by atoms with van der Waals surface area (Å²) < 4.78 is 13.7. The highest BCUT2D eigenvalue weighted by Gasteiger charge is 2.26. The fourth-order valence-electron chi connectivity index (χ4n) is 3.19. The molecule has 1 amide bonds. The van der Waals surface area contributed by atoms with Crippen molar-refractivity contribution in [2.75, 3.05) is 19.6 Å². The van der Waals surface area contributed by atoms with Crippen molar-refractivity contribution in [1.29, 1.82) is 0 Å². The summed E-state index contributed by atoms with van der Waals surface area (Å²) in [5, 5.41) is 5.11. The molecule has 0 saturated carbocycles. The minimum atomic E-state index is -0.359. The molecule has 2 aromatic rings. The van der Waals surface area contributed by atoms with Crippen LogP contribution in [0.5, 0.6) is 0 Å². The van der Waals surface area contributed by atoms with Crippen LogP contribution in [0.3, 0.4) is 0 Å². The van der Waals surface area contributed by atoms with Gasteiger partial charge in [-0.25, -0.2) is 4.39 Å². The summed E-state index contributed by atoms with van der Waals surface area (Å²) in [6.45, 7) is 4.96. The summed E-state index contributed by atoms with van der Waals surface area (Å²) in [4.78, 5) is 16.2. The Labute approximate surface area is 160 Å². The number of hydrogen-bond donors (Lipinski definition) is 1. The zero-order valence-corrected chi connectivity index (χ0v) is 16.6. The van der Waals surface area contributed by atoms with Crippen LogP contribution in [-0.2, 0) is 0 Å². The van der Waals surface area contributed by atoms with Gasteiger partial charge in [-0.2, -0.15) is 0 Å². The number of piperidine rings is 1. The van der Waals surface area contributed by atoms with Gasteiger partial charge >= 0.3 is 0 Å². The van der Waals surface area contributed by atoms with Gasteiger partial charge in [0.15, 0.2) is 0 Å². The number of benzene rings is 1. The molecule has 1 saturated heterocycles. The third kappa shape index (κ3) is 4.68. The van der Waals surface area contributed by atoms with E-state index in [1.54, 1.807) is 11.3 Å². The normalized spacial score (nSPS) is 17.4. The second-order valence-corrected chi connectivity index (χ2v) is 8.42. The molecule has 1 aliphatic heterocycles. The molecular weight excluding hydrogens is 403 g/mol. The second-order valence-electron chi connectivity index (χ2n) is 6.58. The molecule has 3 rings (SSSR count). The van der Waals surface area contributed by atoms with E-state index >= 15 is 0 Å². The number of carbonyl (C=O) groups is 1. The number of rotatable bonds is 5. The Bertz CT molecular complexity index is 714. The Kier molecular flexibility index (Phi) is 6.25. The summed E-state index contributed by atoms with van der Waals surface area (Å²) in [7, 11) is 0. The van der Waals surface area contributed by atoms with E-state index in [-0.39, 0.29) is 17.8 Å². The molecule has 25 heavy (non-hydrogen) atoms. The van der Waals surface area contributed by atoms with E-state index in [0.717, 1.165) is 19.0 Å². The highest BCUT2D eigenvalue weighted by molar-refractivity contribution is 9.10. The molecule has 0 spiro atoms. The first-order chi connectivity index (χ1) is 12.0. The molecule has 1 atom stereocenters. The first-order valence-electron chi connectivity index (χ1n) is 8.55. The summed E-state index contributed by atoms with van der Waals surface area (Å²) in [5.41, 5.74) is 0.457. The number of nitrogens with one attached hydrogen (secondary N) is 1. The van der Waals surface area contributed by atoms with Crippen molar-refractivity contribution in [2.45, 2.75) is 25.8 Å². The predicted molar refractivity (Wildman–Crippen MR) is 103 cm³/mol. The summed E-state index contributed by atoms with van der Waals surface area (Å²) in [6, 6.07) is 8.51. The molecule has 1 aliphatic rings. The minimum absolute atomic E-state index is 0.182. The van der Waals surface area contributed by atoms with E-state index in [1.165, 1.54) is 35.9 Å². The number of nitrogens with zero attached hydrogens (tertiary/aromatic N) is 1. The lowest BCUT2D eigenvalue weighted by Crippen LogP contribution is -2.41. The minimum Gasteiger partial charge on any atom is -0.350 e. The fourth-order valence-corrected chi connectivity index (χ4v) is 4.58. The zero-order chi connectivity index (χ0) is 17.8. The first kappa shape index (κ1) is 18.5. The summed E-state index contributed by atoms with van der Waals surface area (Å²) in [6.07, 6.45) is 2.39. The van der Waals surface area contributed by atoms with E-state index in [1.807, 2.05) is 0 Å². The zero-order valence-electron chi connectivity index (χ0n) is 14.2. The molecule has 0 unspecified atom stereocenters. The van der Waals surface area contributed by atoms with Crippen molar-refractivity contribution in [3.8, 4) is 0 Å². The van der Waals surface area contributed by atoms with Crippen molar-refractivity contribution < 1.29 is 9.18 Å². The van der Waals surface area contributed by atoms with Crippen molar-refractivity contribution in [3.63, 3.8) is 0 Å². The number of thiophene rings is 1. The molecule has 1 N–H and O–H groups in total. The molecule has 1 fully saturated rings. The molecule has 0 radical (unpaired) electrons. The van der Waals surface area contributed by atoms with Crippen molar-refractivity contribution in [2.24, 2.45) is 5.92 Å². The van der Waals surface area contributed by atoms with Gasteiger partial charge < -0.3 is 5.32 Å². The number of hydrogen-bond acceptors (Lipinski definition) is 3. The number of amides is 1. The average molecular weight is 425 g/mol. The smallest absolute Gasteiger partial charge is 0.252 e. The number of carbonyl (C=O) groups excluding carboxylic acids is 1. The van der Waals surface area contributed by atoms with Crippen LogP contribution in [0.4, 0.5) is 4.39 Å². The molecule has 134 valence electrons. The van der Waals surface area contributed by atoms with Gasteiger partial charge in [0, 0.05) is 15.9 Å². The van der Waals surface area contributed by atoms with Crippen molar-refractivity contribution in [1.82, 2.24) is 10.2 Å². The Morgan fingerprint density at radius 3 is 2.80 bits per heavy atom. The predicted octanol–water partition coefficient (Wildman–Crippen LogP) is 4.85. The van der Waals surface area contributed by atoms with Crippen LogP contribution in [0.2, 0.25) is 0 Å². The van der Waals surface area contributed by atoms with Crippen molar-refractivity contribution in [3.05, 3.63) is 56.4 Å². The quantitative estimate of drug-likeness (QED) is 0.743. The standard InChI is InChI=1S/C19H22BrFN2OS/c1-13-6-8-23(9-7-13)17(18-3-2-10-25-18)12-22-19(24)15-5-4-14(21)11-16(15)20/h2-5,10-11,13,17H,6-9,12H2,1H3,(H,22,24)/t17-/m1/s1. The van der Waals surface area contributed by atoms with Crippen LogP contribution in [0, 0.1) is 11.7 Å². The molecule has 0 aliphatic carbocycles. The van der Waals surface area contributed by atoms with Crippen LogP contribution in [0.25, 0.3) is 0 Å². The Morgan fingerprint density at radius 1 is 1.40 bits per heavy atom. The maximum absolute atomic E-state index is 13.2. The van der Waals surface area contributed by atoms with Crippen LogP contribution < -0.4 is 5.32 Å². The topological polar surface area (TPSA) is 32.3 Å². The molecule has 1 aromatic carbocycles. The molecule has 0 bridgehead atoms. The largest absolute Gasteiger partial charge is 0.350 e. The van der Waals surface area contributed by atoms with Crippen LogP contribution in [-0.4, -0.2) is 30.4 Å². The van der Waals surface area contributed by atoms with Gasteiger partial charge in [0.05, 0.1) is 11.6 Å². The summed E-state index contributed by atoms with van der Waals surface area (Å²) >= 11 is 4.99. The first-order valence-corrected chi connectivity index (χ1v) is 10.2. The van der Waals surface area contributed by atoms with E-state index < -0.39 is 0 Å². The SMILES string of the molecule is CC1CCN([C@H](CNC(=O)c2ccc(F)cc2Br)c2cccs2)CC1. The Hall–Kier alpha value is -1.24. The van der Waals surface area contributed by atoms with Crippen LogP contribution >= 0.6 is 27.3 Å². The molecule has 3 nitrogen and oxygen atoms in total. The fraction of sp³-hybridized carbons (Fsp3) is 0.421.